The number of rotatable bonds is 6. The third kappa shape index (κ3) is 8.35. The molecule has 8 rings (SSSR count). The van der Waals surface area contributed by atoms with Gasteiger partial charge in [0.15, 0.2) is 11.6 Å². The number of halogens is 7. The van der Waals surface area contributed by atoms with Crippen molar-refractivity contribution in [1.29, 1.82) is 5.26 Å². The second-order valence-electron chi connectivity index (χ2n) is 12.0. The van der Waals surface area contributed by atoms with Gasteiger partial charge in [0.2, 0.25) is 11.6 Å². The minimum Gasteiger partial charge on any atom is -0.332 e. The van der Waals surface area contributed by atoms with Gasteiger partial charge in [0.05, 0.1) is 35.4 Å². The molecule has 0 N–H and O–H groups in total. The van der Waals surface area contributed by atoms with Gasteiger partial charge in [-0.1, -0.05) is 21.9 Å². The number of nitrogens with zero attached hydrogens (tertiary/aromatic N) is 9. The van der Waals surface area contributed by atoms with Crippen LogP contribution in [0.4, 0.5) is 26.3 Å². The molecule has 57 heavy (non-hydrogen) atoms. The molecule has 0 unspecified atom stereocenters. The first-order valence-electron chi connectivity index (χ1n) is 16.3. The summed E-state index contributed by atoms with van der Waals surface area (Å²) in [5, 5.41) is 17.1. The van der Waals surface area contributed by atoms with E-state index in [1.807, 2.05) is 6.07 Å². The van der Waals surface area contributed by atoms with Gasteiger partial charge in [-0.3, -0.25) is 0 Å². The van der Waals surface area contributed by atoms with E-state index in [9.17, 15) is 26.3 Å². The molecule has 2 aromatic carbocycles. The van der Waals surface area contributed by atoms with E-state index in [0.29, 0.717) is 22.2 Å². The Morgan fingerprint density at radius 3 is 1.46 bits per heavy atom. The molecule has 0 aliphatic heterocycles. The summed E-state index contributed by atoms with van der Waals surface area (Å²) >= 11 is 6.05. The minimum absolute atomic E-state index is 0.00525. The van der Waals surface area contributed by atoms with E-state index in [1.54, 1.807) is 6.07 Å². The van der Waals surface area contributed by atoms with Crippen molar-refractivity contribution < 1.29 is 35.4 Å². The number of hydrogen-bond acceptors (Lipinski definition) is 11. The van der Waals surface area contributed by atoms with Crippen LogP contribution in [0.2, 0.25) is 5.02 Å². The molecule has 6 heterocycles. The molecule has 0 bridgehead atoms. The third-order valence-corrected chi connectivity index (χ3v) is 8.18. The van der Waals surface area contributed by atoms with Gasteiger partial charge in [-0.05, 0) is 91.7 Å². The number of pyridine rings is 4. The Morgan fingerprint density at radius 1 is 0.544 bits per heavy atom. The van der Waals surface area contributed by atoms with E-state index in [4.69, 9.17) is 25.9 Å². The van der Waals surface area contributed by atoms with Crippen LogP contribution in [-0.2, 0) is 0 Å². The summed E-state index contributed by atoms with van der Waals surface area (Å²) in [5.74, 6) is -3.76. The zero-order chi connectivity index (χ0) is 40.4. The highest BCUT2D eigenvalue weighted by molar-refractivity contribution is 6.31. The molecule has 0 saturated heterocycles. The monoisotopic (exact) mass is 795 g/mol. The van der Waals surface area contributed by atoms with Crippen molar-refractivity contribution in [2.45, 2.75) is 13.8 Å². The van der Waals surface area contributed by atoms with Crippen molar-refractivity contribution in [1.82, 2.24) is 40.2 Å². The molecule has 0 radical (unpaired) electrons. The van der Waals surface area contributed by atoms with Crippen molar-refractivity contribution in [3.63, 3.8) is 0 Å². The summed E-state index contributed by atoms with van der Waals surface area (Å²) in [6.07, 6.45) is 2.03. The molecule has 8 aromatic rings. The number of nitriles is 1. The highest BCUT2D eigenvalue weighted by Gasteiger charge is 2.20. The second-order valence-corrected chi connectivity index (χ2v) is 12.4. The molecule has 0 spiro atoms. The van der Waals surface area contributed by atoms with E-state index in [0.717, 1.165) is 24.5 Å². The molecule has 0 aliphatic rings. The topological polar surface area (TPSA) is 153 Å². The fourth-order valence-corrected chi connectivity index (χ4v) is 5.59. The third-order valence-electron chi connectivity index (χ3n) is 7.96. The summed E-state index contributed by atoms with van der Waals surface area (Å²) in [6.45, 7) is 2.90. The van der Waals surface area contributed by atoms with Gasteiger partial charge in [-0.15, -0.1) is 0 Å². The average molecular weight is 796 g/mol. The maximum atomic E-state index is 14.8. The lowest BCUT2D eigenvalue weighted by Gasteiger charge is -2.08. The number of benzene rings is 2. The molecule has 18 heteroatoms. The highest BCUT2D eigenvalue weighted by Crippen LogP contribution is 2.32. The Bertz CT molecular complexity index is 2810. The summed E-state index contributed by atoms with van der Waals surface area (Å²) in [5.41, 5.74) is 1.88. The van der Waals surface area contributed by atoms with E-state index < -0.39 is 34.9 Å². The predicted octanol–water partition coefficient (Wildman–Crippen LogP) is 9.70. The molecule has 282 valence electrons. The summed E-state index contributed by atoms with van der Waals surface area (Å²) in [4.78, 5) is 24.3. The maximum Gasteiger partial charge on any atom is 0.276 e. The smallest absolute Gasteiger partial charge is 0.276 e. The van der Waals surface area contributed by atoms with Crippen molar-refractivity contribution in [3.05, 3.63) is 142 Å². The van der Waals surface area contributed by atoms with Crippen LogP contribution in [0.3, 0.4) is 0 Å². The average Bonchev–Trinajstić information content (AvgIpc) is 3.89. The Hall–Kier alpha value is -7.32. The van der Waals surface area contributed by atoms with E-state index in [2.05, 4.69) is 40.2 Å². The standard InChI is InChI=1S/C20H10ClF2N5O.C19H10F4N4O/c1-10-18(23)15(12-4-11(8-24)5-13(21)6-12)7-17(26-10)19-27-20(29-28-19)16-3-2-14(22)9-25-16;1-9-17(23)14(10-4-12(21)6-13(22)5-10)7-16(25-9)18-26-19(28-27-18)15-3-2-11(20)8-24-15/h2-7,9H,1H3;2-8H,1H3. The molecule has 0 atom stereocenters. The van der Waals surface area contributed by atoms with E-state index >= 15 is 0 Å². The molecule has 0 amide bonds. The SMILES string of the molecule is Cc1nc(-c2noc(-c3ccc(F)cn3)n2)cc(-c2cc(Cl)cc(C#N)c2)c1F.Cc1nc(-c2noc(-c3ccc(F)cn3)n2)cc(-c2cc(F)cc(F)c2)c1F. The largest absolute Gasteiger partial charge is 0.332 e. The van der Waals surface area contributed by atoms with Gasteiger partial charge < -0.3 is 9.05 Å². The van der Waals surface area contributed by atoms with Crippen LogP contribution in [0, 0.1) is 60.1 Å². The van der Waals surface area contributed by atoms with E-state index in [-0.39, 0.29) is 74.3 Å². The van der Waals surface area contributed by atoms with Gasteiger partial charge in [-0.25, -0.2) is 46.3 Å². The lowest BCUT2D eigenvalue weighted by molar-refractivity contribution is 0.430. The van der Waals surface area contributed by atoms with Gasteiger partial charge >= 0.3 is 0 Å². The van der Waals surface area contributed by atoms with Crippen LogP contribution in [0.1, 0.15) is 17.0 Å². The predicted molar refractivity (Wildman–Crippen MR) is 191 cm³/mol. The molecule has 11 nitrogen and oxygen atoms in total. The molecule has 0 fully saturated rings. The van der Waals surface area contributed by atoms with Crippen molar-refractivity contribution in [2.24, 2.45) is 0 Å². The molecular weight excluding hydrogens is 776 g/mol. The second kappa shape index (κ2) is 15.8. The Morgan fingerprint density at radius 2 is 1.02 bits per heavy atom. The maximum absolute atomic E-state index is 14.8. The lowest BCUT2D eigenvalue weighted by Crippen LogP contribution is -1.97. The first kappa shape index (κ1) is 38.0. The number of hydrogen-bond donors (Lipinski definition) is 0. The van der Waals surface area contributed by atoms with Crippen molar-refractivity contribution in [2.75, 3.05) is 0 Å². The lowest BCUT2D eigenvalue weighted by atomic mass is 10.0. The Balaban J connectivity index is 0.000000174. The molecule has 6 aromatic heterocycles. The van der Waals surface area contributed by atoms with E-state index in [1.165, 1.54) is 62.4 Å². The minimum atomic E-state index is -0.838. The number of aryl methyl sites for hydroxylation is 2. The molecule has 0 saturated carbocycles. The summed E-state index contributed by atoms with van der Waals surface area (Å²) in [7, 11) is 0. The summed E-state index contributed by atoms with van der Waals surface area (Å²) < 4.78 is 92.7. The fraction of sp³-hybridized carbons (Fsp3) is 0.0513. The van der Waals surface area contributed by atoms with Crippen LogP contribution >= 0.6 is 11.6 Å². The van der Waals surface area contributed by atoms with Crippen molar-refractivity contribution in [3.8, 4) is 74.5 Å². The molecule has 0 aliphatic carbocycles. The quantitative estimate of drug-likeness (QED) is 0.148. The first-order chi connectivity index (χ1) is 27.3. The zero-order valence-electron chi connectivity index (χ0n) is 29.1. The number of aromatic nitrogens is 8. The van der Waals surface area contributed by atoms with Crippen LogP contribution in [0.25, 0.3) is 68.5 Å². The van der Waals surface area contributed by atoms with Crippen LogP contribution in [0.5, 0.6) is 0 Å². The van der Waals surface area contributed by atoms with Crippen LogP contribution in [-0.4, -0.2) is 40.2 Å². The van der Waals surface area contributed by atoms with Gasteiger partial charge in [0, 0.05) is 22.2 Å². The Labute approximate surface area is 322 Å². The first-order valence-corrected chi connectivity index (χ1v) is 16.7. The molecular formula is C39H20ClF6N9O2. The van der Waals surface area contributed by atoms with Gasteiger partial charge in [0.25, 0.3) is 11.8 Å². The highest BCUT2D eigenvalue weighted by atomic mass is 35.5. The van der Waals surface area contributed by atoms with Crippen molar-refractivity contribution >= 4 is 11.6 Å². The zero-order valence-corrected chi connectivity index (χ0v) is 29.8. The van der Waals surface area contributed by atoms with Crippen LogP contribution in [0.15, 0.2) is 94.2 Å². The fourth-order valence-electron chi connectivity index (χ4n) is 5.35. The Kier molecular flexibility index (Phi) is 10.5. The summed E-state index contributed by atoms with van der Waals surface area (Å²) in [6, 6.07) is 17.1. The van der Waals surface area contributed by atoms with Crippen LogP contribution < -0.4 is 0 Å². The van der Waals surface area contributed by atoms with Gasteiger partial charge in [-0.2, -0.15) is 15.2 Å². The normalized spacial score (nSPS) is 10.9. The van der Waals surface area contributed by atoms with Gasteiger partial charge in [0.1, 0.15) is 46.0 Å².